The summed E-state index contributed by atoms with van der Waals surface area (Å²) in [5.74, 6) is 2.11. The first kappa shape index (κ1) is 6.66. The second-order valence-corrected chi connectivity index (χ2v) is 4.12. The molecule has 0 aromatic carbocycles. The van der Waals surface area contributed by atoms with E-state index >= 15 is 0 Å². The fourth-order valence-corrected chi connectivity index (χ4v) is 2.31. The second kappa shape index (κ2) is 1.76. The van der Waals surface area contributed by atoms with E-state index in [0.29, 0.717) is 11.8 Å². The Labute approximate surface area is 62.4 Å². The van der Waals surface area contributed by atoms with Gasteiger partial charge in [0.2, 0.25) is 0 Å². The highest BCUT2D eigenvalue weighted by Crippen LogP contribution is 2.61. The van der Waals surface area contributed by atoms with Gasteiger partial charge < -0.3 is 5.11 Å². The molecule has 0 bridgehead atoms. The van der Waals surface area contributed by atoms with Crippen LogP contribution in [-0.4, -0.2) is 10.7 Å². The van der Waals surface area contributed by atoms with E-state index < -0.39 is 0 Å². The van der Waals surface area contributed by atoms with E-state index in [4.69, 9.17) is 0 Å². The minimum atomic E-state index is -0.200. The summed E-state index contributed by atoms with van der Waals surface area (Å²) in [4.78, 5) is 0. The van der Waals surface area contributed by atoms with Gasteiger partial charge in [-0.05, 0) is 30.6 Å². The first-order chi connectivity index (χ1) is 4.68. The van der Waals surface area contributed by atoms with Gasteiger partial charge in [-0.25, -0.2) is 0 Å². The molecule has 0 aromatic rings. The molecule has 0 spiro atoms. The van der Waals surface area contributed by atoms with Gasteiger partial charge in [-0.3, -0.25) is 0 Å². The van der Waals surface area contributed by atoms with Crippen molar-refractivity contribution >= 4 is 0 Å². The summed E-state index contributed by atoms with van der Waals surface area (Å²) in [5, 5.41) is 9.90. The molecule has 58 valence electrons. The van der Waals surface area contributed by atoms with Crippen LogP contribution in [-0.2, 0) is 0 Å². The highest BCUT2D eigenvalue weighted by molar-refractivity contribution is 5.13. The molecule has 0 aromatic heterocycles. The lowest BCUT2D eigenvalue weighted by Gasteiger charge is -2.06. The first-order valence-electron chi connectivity index (χ1n) is 4.41. The highest BCUT2D eigenvalue weighted by atomic mass is 16.3. The van der Waals surface area contributed by atoms with Gasteiger partial charge in [0.1, 0.15) is 0 Å². The Morgan fingerprint density at radius 1 is 1.60 bits per heavy atom. The molecule has 4 atom stereocenters. The Morgan fingerprint density at radius 3 is 2.50 bits per heavy atom. The molecular formula is C9H16O. The van der Waals surface area contributed by atoms with Crippen LogP contribution in [0.25, 0.3) is 0 Å². The number of rotatable bonds is 2. The maximum atomic E-state index is 9.90. The summed E-state index contributed by atoms with van der Waals surface area (Å²) in [5.41, 5.74) is -0.200. The van der Waals surface area contributed by atoms with Crippen LogP contribution in [0, 0.1) is 17.8 Å². The zero-order chi connectivity index (χ0) is 7.35. The fraction of sp³-hybridized carbons (Fsp3) is 1.00. The normalized spacial score (nSPS) is 58.5. The molecule has 2 rings (SSSR count). The van der Waals surface area contributed by atoms with Gasteiger partial charge >= 0.3 is 0 Å². The van der Waals surface area contributed by atoms with Gasteiger partial charge in [-0.15, -0.1) is 0 Å². The molecule has 2 aliphatic rings. The number of aliphatic hydroxyl groups is 1. The van der Waals surface area contributed by atoms with Crippen molar-refractivity contribution in [2.75, 3.05) is 0 Å². The van der Waals surface area contributed by atoms with E-state index in [0.717, 1.165) is 12.3 Å². The summed E-state index contributed by atoms with van der Waals surface area (Å²) in [6.45, 7) is 4.42. The predicted molar refractivity (Wildman–Crippen MR) is 40.6 cm³/mol. The zero-order valence-corrected chi connectivity index (χ0v) is 6.80. The van der Waals surface area contributed by atoms with E-state index in [1.807, 2.05) is 0 Å². The summed E-state index contributed by atoms with van der Waals surface area (Å²) in [7, 11) is 0. The van der Waals surface area contributed by atoms with Crippen molar-refractivity contribution in [1.82, 2.24) is 0 Å². The average molecular weight is 140 g/mol. The minimum absolute atomic E-state index is 0.200. The Morgan fingerprint density at radius 2 is 2.20 bits per heavy atom. The van der Waals surface area contributed by atoms with Crippen LogP contribution < -0.4 is 0 Å². The summed E-state index contributed by atoms with van der Waals surface area (Å²) in [6, 6.07) is 0. The predicted octanol–water partition coefficient (Wildman–Crippen LogP) is 1.80. The molecule has 4 unspecified atom stereocenters. The van der Waals surface area contributed by atoms with Gasteiger partial charge in [0.15, 0.2) is 0 Å². The molecule has 0 aliphatic heterocycles. The summed E-state index contributed by atoms with van der Waals surface area (Å²) in [6.07, 6.45) is 3.52. The first-order valence-corrected chi connectivity index (χ1v) is 4.41. The lowest BCUT2D eigenvalue weighted by atomic mass is 10.1. The highest BCUT2D eigenvalue weighted by Gasteiger charge is 2.62. The van der Waals surface area contributed by atoms with Crippen molar-refractivity contribution in [3.63, 3.8) is 0 Å². The Hall–Kier alpha value is -0.0400. The average Bonchev–Trinajstić information content (AvgIpc) is 2.72. The third-order valence-corrected chi connectivity index (χ3v) is 3.36. The van der Waals surface area contributed by atoms with Crippen LogP contribution in [0.15, 0.2) is 0 Å². The van der Waals surface area contributed by atoms with Crippen molar-refractivity contribution in [3.05, 3.63) is 0 Å². The van der Waals surface area contributed by atoms with Gasteiger partial charge in [0, 0.05) is 0 Å². The minimum Gasteiger partial charge on any atom is -0.389 e. The maximum Gasteiger partial charge on any atom is 0.0711 e. The van der Waals surface area contributed by atoms with Crippen molar-refractivity contribution in [2.45, 2.75) is 38.7 Å². The molecular weight excluding hydrogens is 124 g/mol. The van der Waals surface area contributed by atoms with Gasteiger partial charge in [-0.2, -0.15) is 0 Å². The van der Waals surface area contributed by atoms with E-state index in [2.05, 4.69) is 13.8 Å². The van der Waals surface area contributed by atoms with Crippen molar-refractivity contribution in [1.29, 1.82) is 0 Å². The molecule has 2 fully saturated rings. The Balaban J connectivity index is 1.94. The molecule has 0 heterocycles. The van der Waals surface area contributed by atoms with Crippen molar-refractivity contribution < 1.29 is 5.11 Å². The van der Waals surface area contributed by atoms with Crippen LogP contribution in [0.1, 0.15) is 33.1 Å². The molecule has 0 amide bonds. The number of hydrogen-bond acceptors (Lipinski definition) is 1. The topological polar surface area (TPSA) is 20.2 Å². The van der Waals surface area contributed by atoms with Gasteiger partial charge in [0.25, 0.3) is 0 Å². The smallest absolute Gasteiger partial charge is 0.0711 e. The Kier molecular flexibility index (Phi) is 1.17. The molecule has 10 heavy (non-hydrogen) atoms. The van der Waals surface area contributed by atoms with Crippen LogP contribution in [0.5, 0.6) is 0 Å². The van der Waals surface area contributed by atoms with Crippen LogP contribution in [0.2, 0.25) is 0 Å². The second-order valence-electron chi connectivity index (χ2n) is 4.12. The van der Waals surface area contributed by atoms with Crippen molar-refractivity contribution in [2.24, 2.45) is 17.8 Å². The van der Waals surface area contributed by atoms with E-state index in [9.17, 15) is 5.11 Å². The molecule has 1 N–H and O–H groups in total. The lowest BCUT2D eigenvalue weighted by molar-refractivity contribution is 0.101. The molecule has 0 saturated heterocycles. The molecule has 1 heteroatoms. The van der Waals surface area contributed by atoms with Gasteiger partial charge in [0.05, 0.1) is 5.60 Å². The third kappa shape index (κ3) is 0.731. The third-order valence-electron chi connectivity index (χ3n) is 3.36. The lowest BCUT2D eigenvalue weighted by Crippen LogP contribution is -2.14. The van der Waals surface area contributed by atoms with Crippen LogP contribution >= 0.6 is 0 Å². The van der Waals surface area contributed by atoms with Gasteiger partial charge in [-0.1, -0.05) is 20.3 Å². The van der Waals surface area contributed by atoms with E-state index in [-0.39, 0.29) is 5.60 Å². The van der Waals surface area contributed by atoms with Crippen LogP contribution in [0.3, 0.4) is 0 Å². The zero-order valence-electron chi connectivity index (χ0n) is 6.80. The largest absolute Gasteiger partial charge is 0.389 e. The SMILES string of the molecule is CCC1CC1(O)C1CC1C. The fourth-order valence-electron chi connectivity index (χ4n) is 2.31. The van der Waals surface area contributed by atoms with E-state index in [1.165, 1.54) is 12.8 Å². The monoisotopic (exact) mass is 140 g/mol. The summed E-state index contributed by atoms with van der Waals surface area (Å²) >= 11 is 0. The molecule has 2 saturated carbocycles. The summed E-state index contributed by atoms with van der Waals surface area (Å²) < 4.78 is 0. The molecule has 2 aliphatic carbocycles. The molecule has 1 nitrogen and oxygen atoms in total. The Bertz CT molecular complexity index is 155. The molecule has 0 radical (unpaired) electrons. The standard InChI is InChI=1S/C9H16O/c1-3-7-5-9(7,10)8-4-6(8)2/h6-8,10H,3-5H2,1-2H3. The maximum absolute atomic E-state index is 9.90. The van der Waals surface area contributed by atoms with Crippen LogP contribution in [0.4, 0.5) is 0 Å². The van der Waals surface area contributed by atoms with Crippen molar-refractivity contribution in [3.8, 4) is 0 Å². The number of hydrogen-bond donors (Lipinski definition) is 1. The quantitative estimate of drug-likeness (QED) is 0.620. The van der Waals surface area contributed by atoms with E-state index in [1.54, 1.807) is 0 Å².